The van der Waals surface area contributed by atoms with Crippen LogP contribution in [0.4, 0.5) is 4.79 Å². The topological polar surface area (TPSA) is 29.5 Å². The molecule has 3 heteroatoms. The van der Waals surface area contributed by atoms with Crippen molar-refractivity contribution in [2.24, 2.45) is 0 Å². The zero-order valence-corrected chi connectivity index (χ0v) is 12.8. The summed E-state index contributed by atoms with van der Waals surface area (Å²) in [4.78, 5) is 14.3. The van der Waals surface area contributed by atoms with Crippen molar-refractivity contribution in [2.75, 3.05) is 6.54 Å². The lowest BCUT2D eigenvalue weighted by Gasteiger charge is -2.31. The van der Waals surface area contributed by atoms with Gasteiger partial charge in [-0.05, 0) is 31.2 Å². The molecule has 1 amide bonds. The van der Waals surface area contributed by atoms with Gasteiger partial charge in [0.05, 0.1) is 0 Å². The van der Waals surface area contributed by atoms with Crippen LogP contribution in [0.15, 0.2) is 42.5 Å². The molecule has 0 spiro atoms. The van der Waals surface area contributed by atoms with Gasteiger partial charge in [0, 0.05) is 12.6 Å². The summed E-state index contributed by atoms with van der Waals surface area (Å²) in [6.45, 7) is 3.18. The molecule has 0 aromatic heterocycles. The molecule has 0 fully saturated rings. The minimum Gasteiger partial charge on any atom is -0.445 e. The van der Waals surface area contributed by atoms with E-state index in [1.807, 2.05) is 35.2 Å². The molecule has 1 aromatic rings. The minimum absolute atomic E-state index is 0.191. The summed E-state index contributed by atoms with van der Waals surface area (Å²) in [7, 11) is 0. The predicted octanol–water partition coefficient (Wildman–Crippen LogP) is 4.53. The number of carbonyl (C=O) groups excluding carboxylic acids is 1. The van der Waals surface area contributed by atoms with Crippen LogP contribution < -0.4 is 0 Å². The Labute approximate surface area is 127 Å². The molecule has 21 heavy (non-hydrogen) atoms. The van der Waals surface area contributed by atoms with E-state index in [2.05, 4.69) is 19.1 Å². The van der Waals surface area contributed by atoms with Crippen molar-refractivity contribution in [3.8, 4) is 0 Å². The van der Waals surface area contributed by atoms with E-state index in [-0.39, 0.29) is 6.09 Å². The van der Waals surface area contributed by atoms with E-state index in [9.17, 15) is 4.79 Å². The molecule has 1 heterocycles. The largest absolute Gasteiger partial charge is 0.445 e. The second-order valence-corrected chi connectivity index (χ2v) is 5.54. The molecule has 1 aliphatic heterocycles. The lowest BCUT2D eigenvalue weighted by molar-refractivity contribution is 0.0804. The van der Waals surface area contributed by atoms with Crippen molar-refractivity contribution in [3.63, 3.8) is 0 Å². The van der Waals surface area contributed by atoms with Crippen LogP contribution in [0.25, 0.3) is 0 Å². The molecule has 0 N–H and O–H groups in total. The number of amides is 1. The first-order valence-electron chi connectivity index (χ1n) is 7.93. The third-order valence-corrected chi connectivity index (χ3v) is 3.88. The molecule has 3 nitrogen and oxygen atoms in total. The molecule has 2 rings (SSSR count). The Morgan fingerprint density at radius 2 is 2.10 bits per heavy atom. The van der Waals surface area contributed by atoms with Crippen LogP contribution in [0.3, 0.4) is 0 Å². The molecule has 0 bridgehead atoms. The number of hydrogen-bond acceptors (Lipinski definition) is 2. The highest BCUT2D eigenvalue weighted by Crippen LogP contribution is 2.18. The summed E-state index contributed by atoms with van der Waals surface area (Å²) in [5.74, 6) is 0. The van der Waals surface area contributed by atoms with Crippen molar-refractivity contribution < 1.29 is 9.53 Å². The summed E-state index contributed by atoms with van der Waals surface area (Å²) in [5.41, 5.74) is 1.03. The second-order valence-electron chi connectivity index (χ2n) is 5.54. The van der Waals surface area contributed by atoms with Crippen molar-refractivity contribution >= 4 is 6.09 Å². The average Bonchev–Trinajstić information content (AvgIpc) is 2.49. The van der Waals surface area contributed by atoms with Gasteiger partial charge in [-0.15, -0.1) is 0 Å². The lowest BCUT2D eigenvalue weighted by atomic mass is 10.0. The van der Waals surface area contributed by atoms with Crippen LogP contribution in [0, 0.1) is 0 Å². The van der Waals surface area contributed by atoms with E-state index in [0.29, 0.717) is 19.2 Å². The number of carbonyl (C=O) groups is 1. The Kier molecular flexibility index (Phi) is 6.32. The zero-order chi connectivity index (χ0) is 14.9. The number of benzene rings is 1. The Bertz CT molecular complexity index is 456. The van der Waals surface area contributed by atoms with Crippen LogP contribution in [0.5, 0.6) is 0 Å². The predicted molar refractivity (Wildman–Crippen MR) is 85.0 cm³/mol. The van der Waals surface area contributed by atoms with Crippen LogP contribution in [-0.4, -0.2) is 23.6 Å². The maximum Gasteiger partial charge on any atom is 0.410 e. The molecule has 114 valence electrons. The number of hydrogen-bond donors (Lipinski definition) is 0. The van der Waals surface area contributed by atoms with Crippen LogP contribution in [0.2, 0.25) is 0 Å². The van der Waals surface area contributed by atoms with Gasteiger partial charge in [-0.3, -0.25) is 0 Å². The molecule has 1 aliphatic rings. The Hall–Kier alpha value is -1.77. The number of ether oxygens (including phenoxy) is 1. The van der Waals surface area contributed by atoms with Gasteiger partial charge in [0.15, 0.2) is 0 Å². The second kappa shape index (κ2) is 8.50. The first kappa shape index (κ1) is 15.6. The van der Waals surface area contributed by atoms with Gasteiger partial charge >= 0.3 is 6.09 Å². The van der Waals surface area contributed by atoms with E-state index in [4.69, 9.17) is 4.74 Å². The Balaban J connectivity index is 1.96. The molecule has 0 saturated carbocycles. The van der Waals surface area contributed by atoms with E-state index in [1.54, 1.807) is 0 Å². The van der Waals surface area contributed by atoms with Crippen LogP contribution in [-0.2, 0) is 11.3 Å². The summed E-state index contributed by atoms with van der Waals surface area (Å²) < 4.78 is 5.49. The molecular weight excluding hydrogens is 262 g/mol. The fourth-order valence-corrected chi connectivity index (χ4v) is 2.74. The van der Waals surface area contributed by atoms with Crippen LogP contribution >= 0.6 is 0 Å². The van der Waals surface area contributed by atoms with E-state index in [1.165, 1.54) is 0 Å². The molecule has 1 atom stereocenters. The summed E-state index contributed by atoms with van der Waals surface area (Å²) in [6, 6.07) is 10.1. The van der Waals surface area contributed by atoms with E-state index < -0.39 is 0 Å². The highest BCUT2D eigenvalue weighted by molar-refractivity contribution is 5.68. The van der Waals surface area contributed by atoms with Crippen molar-refractivity contribution in [2.45, 2.75) is 51.7 Å². The minimum atomic E-state index is -0.191. The van der Waals surface area contributed by atoms with Gasteiger partial charge in [0.1, 0.15) is 6.61 Å². The molecule has 1 aromatic carbocycles. The maximum atomic E-state index is 12.4. The smallest absolute Gasteiger partial charge is 0.410 e. The van der Waals surface area contributed by atoms with E-state index in [0.717, 1.165) is 37.7 Å². The molecule has 0 aliphatic carbocycles. The lowest BCUT2D eigenvalue weighted by Crippen LogP contribution is -2.41. The fourth-order valence-electron chi connectivity index (χ4n) is 2.74. The third kappa shape index (κ3) is 4.92. The highest BCUT2D eigenvalue weighted by Gasteiger charge is 2.23. The van der Waals surface area contributed by atoms with Gasteiger partial charge in [0.25, 0.3) is 0 Å². The SMILES string of the molecule is CCC[C@H]1CCC/C=C\CN1C(=O)OCc1ccccc1. The third-order valence-electron chi connectivity index (χ3n) is 3.88. The van der Waals surface area contributed by atoms with Gasteiger partial charge in [-0.1, -0.05) is 55.8 Å². The monoisotopic (exact) mass is 287 g/mol. The van der Waals surface area contributed by atoms with E-state index >= 15 is 0 Å². The Morgan fingerprint density at radius 3 is 2.86 bits per heavy atom. The Morgan fingerprint density at radius 1 is 1.29 bits per heavy atom. The number of rotatable bonds is 4. The quantitative estimate of drug-likeness (QED) is 0.761. The molecule has 0 saturated heterocycles. The highest BCUT2D eigenvalue weighted by atomic mass is 16.6. The normalized spacial score (nSPS) is 20.4. The van der Waals surface area contributed by atoms with Gasteiger partial charge in [-0.25, -0.2) is 4.79 Å². The zero-order valence-electron chi connectivity index (χ0n) is 12.8. The molecule has 0 unspecified atom stereocenters. The summed E-state index contributed by atoms with van der Waals surface area (Å²) in [5, 5.41) is 0. The van der Waals surface area contributed by atoms with Crippen molar-refractivity contribution in [1.82, 2.24) is 4.90 Å². The first-order valence-corrected chi connectivity index (χ1v) is 7.93. The first-order chi connectivity index (χ1) is 10.3. The van der Waals surface area contributed by atoms with Crippen molar-refractivity contribution in [3.05, 3.63) is 48.0 Å². The van der Waals surface area contributed by atoms with Crippen molar-refractivity contribution in [1.29, 1.82) is 0 Å². The standard InChI is InChI=1S/C18H25NO2/c1-2-10-17-13-8-3-4-9-14-19(17)18(20)21-15-16-11-6-5-7-12-16/h4-7,9,11-12,17H,2-3,8,10,13-15H2,1H3/b9-4-/t17-/m0/s1. The van der Waals surface area contributed by atoms with Gasteiger partial charge < -0.3 is 9.64 Å². The summed E-state index contributed by atoms with van der Waals surface area (Å²) in [6.07, 6.45) is 9.54. The van der Waals surface area contributed by atoms with Gasteiger partial charge in [-0.2, -0.15) is 0 Å². The van der Waals surface area contributed by atoms with Crippen LogP contribution in [0.1, 0.15) is 44.6 Å². The maximum absolute atomic E-state index is 12.4. The summed E-state index contributed by atoms with van der Waals surface area (Å²) >= 11 is 0. The average molecular weight is 287 g/mol. The number of nitrogens with zero attached hydrogens (tertiary/aromatic N) is 1. The van der Waals surface area contributed by atoms with Gasteiger partial charge in [0.2, 0.25) is 0 Å². The number of allylic oxidation sites excluding steroid dienone is 1. The molecular formula is C18H25NO2. The fraction of sp³-hybridized carbons (Fsp3) is 0.500. The molecule has 0 radical (unpaired) electrons.